The maximum Gasteiger partial charge on any atom is 0.264 e. The highest BCUT2D eigenvalue weighted by atomic mass is 35.5. The molecule has 0 saturated carbocycles. The van der Waals surface area contributed by atoms with E-state index < -0.39 is 32.5 Å². The molecule has 1 saturated heterocycles. The summed E-state index contributed by atoms with van der Waals surface area (Å²) in [6, 6.07) is 16.7. The number of rotatable bonds is 9. The number of anilines is 2. The summed E-state index contributed by atoms with van der Waals surface area (Å²) in [5.41, 5.74) is 0.949. The predicted octanol–water partition coefficient (Wildman–Crippen LogP) is 4.28. The Morgan fingerprint density at radius 1 is 0.974 bits per heavy atom. The van der Waals surface area contributed by atoms with Crippen LogP contribution in [-0.2, 0) is 24.8 Å². The Hall–Kier alpha value is -3.12. The number of carbonyl (C=O) groups is 1. The second kappa shape index (κ2) is 11.3. The molecular formula is C26H28ClN3O6S2. The first-order chi connectivity index (χ1) is 18.0. The highest BCUT2D eigenvalue weighted by Gasteiger charge is 2.30. The average molecular weight is 578 g/mol. The minimum Gasteiger partial charge on any atom is -0.495 e. The molecule has 1 heterocycles. The third-order valence-corrected chi connectivity index (χ3v) is 10.1. The summed E-state index contributed by atoms with van der Waals surface area (Å²) in [7, 11) is -6.52. The fraction of sp³-hybridized carbons (Fsp3) is 0.269. The highest BCUT2D eigenvalue weighted by Crippen LogP contribution is 2.32. The largest absolute Gasteiger partial charge is 0.495 e. The number of aryl methyl sites for hydroxylation is 1. The molecule has 0 spiro atoms. The van der Waals surface area contributed by atoms with Gasteiger partial charge in [0.1, 0.15) is 12.3 Å². The zero-order valence-corrected chi connectivity index (χ0v) is 23.3. The third kappa shape index (κ3) is 5.80. The molecule has 0 atom stereocenters. The number of methoxy groups -OCH3 is 1. The number of nitrogens with one attached hydrogen (secondary N) is 1. The number of amides is 1. The van der Waals surface area contributed by atoms with Crippen LogP contribution in [0.25, 0.3) is 0 Å². The van der Waals surface area contributed by atoms with Crippen molar-refractivity contribution in [2.24, 2.45) is 0 Å². The van der Waals surface area contributed by atoms with E-state index in [1.807, 2.05) is 0 Å². The van der Waals surface area contributed by atoms with Gasteiger partial charge in [-0.3, -0.25) is 9.10 Å². The zero-order valence-electron chi connectivity index (χ0n) is 20.9. The van der Waals surface area contributed by atoms with Crippen molar-refractivity contribution in [3.05, 3.63) is 77.3 Å². The summed E-state index contributed by atoms with van der Waals surface area (Å²) in [4.78, 5) is 13.3. The van der Waals surface area contributed by atoms with Crippen molar-refractivity contribution in [1.82, 2.24) is 4.31 Å². The number of hydrogen-bond donors (Lipinski definition) is 1. The van der Waals surface area contributed by atoms with Gasteiger partial charge in [0.2, 0.25) is 15.9 Å². The Morgan fingerprint density at radius 2 is 1.66 bits per heavy atom. The van der Waals surface area contributed by atoms with Gasteiger partial charge in [-0.25, -0.2) is 16.8 Å². The normalized spacial score (nSPS) is 14.3. The van der Waals surface area contributed by atoms with Gasteiger partial charge in [-0.2, -0.15) is 4.31 Å². The van der Waals surface area contributed by atoms with Crippen molar-refractivity contribution in [2.75, 3.05) is 36.4 Å². The van der Waals surface area contributed by atoms with Gasteiger partial charge in [-0.1, -0.05) is 35.9 Å². The molecule has 1 amide bonds. The molecule has 0 unspecified atom stereocenters. The summed E-state index contributed by atoms with van der Waals surface area (Å²) in [6.45, 7) is 1.99. The summed E-state index contributed by atoms with van der Waals surface area (Å²) >= 11 is 6.18. The van der Waals surface area contributed by atoms with Crippen molar-refractivity contribution in [3.8, 4) is 5.75 Å². The summed E-state index contributed by atoms with van der Waals surface area (Å²) in [5, 5.41) is 2.94. The molecular weight excluding hydrogens is 550 g/mol. The van der Waals surface area contributed by atoms with E-state index in [0.29, 0.717) is 23.7 Å². The van der Waals surface area contributed by atoms with Crippen molar-refractivity contribution in [1.29, 1.82) is 0 Å². The molecule has 12 heteroatoms. The van der Waals surface area contributed by atoms with Gasteiger partial charge in [0.05, 0.1) is 28.3 Å². The number of benzene rings is 3. The van der Waals surface area contributed by atoms with Gasteiger partial charge in [-0.05, 0) is 67.8 Å². The Morgan fingerprint density at radius 3 is 2.32 bits per heavy atom. The molecule has 1 N–H and O–H groups in total. The molecule has 4 rings (SSSR count). The van der Waals surface area contributed by atoms with Gasteiger partial charge in [0, 0.05) is 18.1 Å². The minimum absolute atomic E-state index is 0.00320. The molecule has 38 heavy (non-hydrogen) atoms. The topological polar surface area (TPSA) is 113 Å². The lowest BCUT2D eigenvalue weighted by molar-refractivity contribution is -0.114. The Bertz CT molecular complexity index is 1540. The van der Waals surface area contributed by atoms with E-state index in [9.17, 15) is 21.6 Å². The lowest BCUT2D eigenvalue weighted by Crippen LogP contribution is -2.38. The summed E-state index contributed by atoms with van der Waals surface area (Å²) < 4.78 is 61.1. The van der Waals surface area contributed by atoms with E-state index in [2.05, 4.69) is 5.32 Å². The molecule has 0 radical (unpaired) electrons. The molecule has 3 aromatic rings. The number of halogens is 1. The molecule has 3 aromatic carbocycles. The van der Waals surface area contributed by atoms with Crippen LogP contribution >= 0.6 is 11.6 Å². The first-order valence-electron chi connectivity index (χ1n) is 11.9. The van der Waals surface area contributed by atoms with E-state index >= 15 is 0 Å². The van der Waals surface area contributed by atoms with Crippen LogP contribution < -0.4 is 14.4 Å². The van der Waals surface area contributed by atoms with Crippen LogP contribution in [0.2, 0.25) is 5.02 Å². The van der Waals surface area contributed by atoms with Crippen molar-refractivity contribution < 1.29 is 26.4 Å². The van der Waals surface area contributed by atoms with E-state index in [1.54, 1.807) is 37.3 Å². The van der Waals surface area contributed by atoms with Gasteiger partial charge in [0.25, 0.3) is 10.0 Å². The van der Waals surface area contributed by atoms with Crippen LogP contribution in [-0.4, -0.2) is 53.8 Å². The number of hydrogen-bond acceptors (Lipinski definition) is 6. The van der Waals surface area contributed by atoms with Crippen LogP contribution in [0, 0.1) is 6.92 Å². The molecule has 202 valence electrons. The lowest BCUT2D eigenvalue weighted by Gasteiger charge is -2.26. The Labute approximate surface area is 228 Å². The van der Waals surface area contributed by atoms with Crippen molar-refractivity contribution in [2.45, 2.75) is 29.6 Å². The van der Waals surface area contributed by atoms with Crippen LogP contribution in [0.5, 0.6) is 5.75 Å². The fourth-order valence-electron chi connectivity index (χ4n) is 4.21. The maximum atomic E-state index is 13.6. The molecule has 0 aromatic heterocycles. The Balaban J connectivity index is 1.69. The number of nitrogens with zero attached hydrogens (tertiary/aromatic N) is 2. The van der Waals surface area contributed by atoms with Crippen LogP contribution in [0.15, 0.2) is 76.5 Å². The van der Waals surface area contributed by atoms with Crippen molar-refractivity contribution >= 4 is 48.9 Å². The second-order valence-corrected chi connectivity index (χ2v) is 13.0. The molecule has 0 aliphatic carbocycles. The van der Waals surface area contributed by atoms with Crippen LogP contribution in [0.4, 0.5) is 11.4 Å². The van der Waals surface area contributed by atoms with E-state index in [0.717, 1.165) is 17.1 Å². The molecule has 1 fully saturated rings. The van der Waals surface area contributed by atoms with Crippen LogP contribution in [0.1, 0.15) is 18.4 Å². The van der Waals surface area contributed by atoms with Gasteiger partial charge >= 0.3 is 0 Å². The quantitative estimate of drug-likeness (QED) is 0.406. The van der Waals surface area contributed by atoms with Crippen molar-refractivity contribution in [3.63, 3.8) is 0 Å². The number of carbonyl (C=O) groups excluding carboxylic acids is 1. The van der Waals surface area contributed by atoms with E-state index in [4.69, 9.17) is 16.3 Å². The molecule has 1 aliphatic heterocycles. The second-order valence-electron chi connectivity index (χ2n) is 8.78. The molecule has 9 nitrogen and oxygen atoms in total. The summed E-state index contributed by atoms with van der Waals surface area (Å²) in [5.74, 6) is -0.465. The SMILES string of the molecule is COc1ccc(S(=O)(=O)N2CCCC2)cc1NC(=O)CN(c1cc(Cl)ccc1C)S(=O)(=O)c1ccccc1. The zero-order chi connectivity index (χ0) is 27.5. The average Bonchev–Trinajstić information content (AvgIpc) is 3.45. The van der Waals surface area contributed by atoms with Gasteiger partial charge in [-0.15, -0.1) is 0 Å². The third-order valence-electron chi connectivity index (χ3n) is 6.21. The standard InChI is InChI=1S/C26H28ClN3O6S2/c1-19-10-11-20(27)16-24(19)30(38(34,35)21-8-4-3-5-9-21)18-26(31)28-23-17-22(12-13-25(23)36-2)37(32,33)29-14-6-7-15-29/h3-5,8-13,16-17H,6-7,14-15,18H2,1-2H3,(H,28,31). The summed E-state index contributed by atoms with van der Waals surface area (Å²) in [6.07, 6.45) is 1.57. The minimum atomic E-state index is -4.16. The molecule has 1 aliphatic rings. The van der Waals surface area contributed by atoms with Gasteiger partial charge < -0.3 is 10.1 Å². The number of sulfonamides is 2. The first kappa shape index (κ1) is 27.9. The smallest absolute Gasteiger partial charge is 0.264 e. The fourth-order valence-corrected chi connectivity index (χ4v) is 7.42. The first-order valence-corrected chi connectivity index (χ1v) is 15.1. The lowest BCUT2D eigenvalue weighted by atomic mass is 10.2. The molecule has 0 bridgehead atoms. The van der Waals surface area contributed by atoms with Gasteiger partial charge in [0.15, 0.2) is 0 Å². The monoisotopic (exact) mass is 577 g/mol. The van der Waals surface area contributed by atoms with E-state index in [1.165, 1.54) is 47.8 Å². The van der Waals surface area contributed by atoms with E-state index in [-0.39, 0.29) is 26.9 Å². The Kier molecular flexibility index (Phi) is 8.31. The van der Waals surface area contributed by atoms with Crippen LogP contribution in [0.3, 0.4) is 0 Å². The maximum absolute atomic E-state index is 13.6. The predicted molar refractivity (Wildman–Crippen MR) is 147 cm³/mol. The highest BCUT2D eigenvalue weighted by molar-refractivity contribution is 7.92. The number of ether oxygens (including phenoxy) is 1.